The maximum atomic E-state index is 6.07. The van der Waals surface area contributed by atoms with Crippen molar-refractivity contribution >= 4 is 18.4 Å². The summed E-state index contributed by atoms with van der Waals surface area (Å²) in [6.45, 7) is 14.1. The van der Waals surface area contributed by atoms with E-state index in [2.05, 4.69) is 37.9 Å². The van der Waals surface area contributed by atoms with Crippen LogP contribution in [0.15, 0.2) is 10.2 Å². The van der Waals surface area contributed by atoms with Gasteiger partial charge in [0.05, 0.1) is 0 Å². The van der Waals surface area contributed by atoms with Crippen molar-refractivity contribution in [2.45, 2.75) is 105 Å². The normalized spacial score (nSPS) is 22.3. The SMILES string of the molecule is CCC[CH2][Sn](/[CH]=C/C(C)[C@H]1COC(C)(C)O1)([CH2]CCC)[CH2]CCC. The van der Waals surface area contributed by atoms with Gasteiger partial charge in [0, 0.05) is 0 Å². The van der Waals surface area contributed by atoms with Crippen LogP contribution in [0.5, 0.6) is 0 Å². The Morgan fingerprint density at radius 3 is 1.88 bits per heavy atom. The summed E-state index contributed by atoms with van der Waals surface area (Å²) in [6, 6.07) is 0. The summed E-state index contributed by atoms with van der Waals surface area (Å²) in [5, 5.41) is 0. The van der Waals surface area contributed by atoms with Gasteiger partial charge in [-0.2, -0.15) is 0 Å². The summed E-state index contributed by atoms with van der Waals surface area (Å²) in [4.78, 5) is 0. The Kier molecular flexibility index (Phi) is 10.5. The van der Waals surface area contributed by atoms with E-state index in [9.17, 15) is 0 Å². The second kappa shape index (κ2) is 11.2. The van der Waals surface area contributed by atoms with Crippen molar-refractivity contribution in [2.75, 3.05) is 6.61 Å². The van der Waals surface area contributed by atoms with Crippen molar-refractivity contribution in [1.29, 1.82) is 0 Å². The van der Waals surface area contributed by atoms with E-state index in [1.54, 1.807) is 13.3 Å². The van der Waals surface area contributed by atoms with Crippen molar-refractivity contribution in [3.8, 4) is 0 Å². The average Bonchev–Trinajstić information content (AvgIpc) is 2.93. The molecule has 0 spiro atoms. The molecule has 0 aromatic carbocycles. The van der Waals surface area contributed by atoms with Gasteiger partial charge in [-0.1, -0.05) is 0 Å². The zero-order chi connectivity index (χ0) is 18.1. The molecule has 1 saturated heterocycles. The van der Waals surface area contributed by atoms with Crippen LogP contribution in [0, 0.1) is 5.92 Å². The predicted molar refractivity (Wildman–Crippen MR) is 108 cm³/mol. The summed E-state index contributed by atoms with van der Waals surface area (Å²) in [5.74, 6) is 0.0625. The van der Waals surface area contributed by atoms with E-state index in [-0.39, 0.29) is 6.10 Å². The summed E-state index contributed by atoms with van der Waals surface area (Å²) in [6.07, 6.45) is 11.1. The fraction of sp³-hybridized carbons (Fsp3) is 0.905. The number of ether oxygens (including phenoxy) is 2. The Morgan fingerprint density at radius 2 is 1.50 bits per heavy atom. The molecule has 24 heavy (non-hydrogen) atoms. The molecule has 0 aromatic rings. The topological polar surface area (TPSA) is 18.5 Å². The zero-order valence-electron chi connectivity index (χ0n) is 17.2. The first-order chi connectivity index (χ1) is 11.4. The van der Waals surface area contributed by atoms with Gasteiger partial charge >= 0.3 is 156 Å². The van der Waals surface area contributed by atoms with Gasteiger partial charge in [0.1, 0.15) is 0 Å². The Hall–Kier alpha value is 0.459. The van der Waals surface area contributed by atoms with E-state index in [1.807, 2.05) is 13.8 Å². The van der Waals surface area contributed by atoms with Gasteiger partial charge in [0.15, 0.2) is 0 Å². The van der Waals surface area contributed by atoms with Crippen LogP contribution in [0.3, 0.4) is 0 Å². The van der Waals surface area contributed by atoms with Gasteiger partial charge in [0.25, 0.3) is 0 Å². The fourth-order valence-electron chi connectivity index (χ4n) is 3.67. The molecule has 1 rings (SSSR count). The second-order valence-electron chi connectivity index (χ2n) is 8.26. The molecule has 0 bridgehead atoms. The minimum absolute atomic E-state index is 0.226. The van der Waals surface area contributed by atoms with E-state index in [1.165, 1.54) is 38.5 Å². The molecule has 0 aromatic heterocycles. The third-order valence-corrected chi connectivity index (χ3v) is 19.6. The predicted octanol–water partition coefficient (Wildman–Crippen LogP) is 6.72. The Bertz CT molecular complexity index is 343. The van der Waals surface area contributed by atoms with Gasteiger partial charge in [-0.3, -0.25) is 0 Å². The van der Waals surface area contributed by atoms with Crippen molar-refractivity contribution in [3.63, 3.8) is 0 Å². The van der Waals surface area contributed by atoms with E-state index >= 15 is 0 Å². The summed E-state index contributed by atoms with van der Waals surface area (Å²) < 4.78 is 19.2. The van der Waals surface area contributed by atoms with Crippen LogP contribution in [0.1, 0.15) is 80.1 Å². The van der Waals surface area contributed by atoms with E-state index in [0.717, 1.165) is 6.61 Å². The van der Waals surface area contributed by atoms with Crippen LogP contribution in [0.25, 0.3) is 0 Å². The summed E-state index contributed by atoms with van der Waals surface area (Å²) in [5.41, 5.74) is 0. The molecule has 0 amide bonds. The van der Waals surface area contributed by atoms with Crippen LogP contribution in [-0.4, -0.2) is 36.9 Å². The first-order valence-electron chi connectivity index (χ1n) is 10.4. The Morgan fingerprint density at radius 1 is 1.00 bits per heavy atom. The quantitative estimate of drug-likeness (QED) is 0.311. The molecule has 1 heterocycles. The third kappa shape index (κ3) is 7.78. The minimum atomic E-state index is -2.14. The van der Waals surface area contributed by atoms with Gasteiger partial charge in [-0.15, -0.1) is 0 Å². The van der Waals surface area contributed by atoms with Gasteiger partial charge < -0.3 is 0 Å². The van der Waals surface area contributed by atoms with Crippen molar-refractivity contribution < 1.29 is 9.47 Å². The maximum absolute atomic E-state index is 6.07. The molecule has 142 valence electrons. The van der Waals surface area contributed by atoms with Crippen LogP contribution in [0.2, 0.25) is 13.3 Å². The molecule has 2 nitrogen and oxygen atoms in total. The van der Waals surface area contributed by atoms with E-state index in [4.69, 9.17) is 9.47 Å². The molecule has 0 aliphatic carbocycles. The summed E-state index contributed by atoms with van der Waals surface area (Å²) >= 11 is -2.14. The third-order valence-electron chi connectivity index (χ3n) is 5.45. The van der Waals surface area contributed by atoms with Crippen molar-refractivity contribution in [2.24, 2.45) is 5.92 Å². The first kappa shape index (κ1) is 22.5. The monoisotopic (exact) mass is 446 g/mol. The molecule has 2 atom stereocenters. The number of unbranched alkanes of at least 4 members (excludes halogenated alkanes) is 3. The standard InChI is InChI=1S/C9H15O2.3C4H9.Sn/c1-5-7(2)8-6-10-9(3,4)11-8;3*1-3-4-2;/h1,5,7-8H,6H2,2-4H3;3*1,3-4H2,2H3;/t7?,8-;;;;/m1..../s1. The number of hydrogen-bond donors (Lipinski definition) is 0. The van der Waals surface area contributed by atoms with Gasteiger partial charge in [0.2, 0.25) is 0 Å². The molecule has 0 N–H and O–H groups in total. The van der Waals surface area contributed by atoms with Crippen LogP contribution in [0.4, 0.5) is 0 Å². The van der Waals surface area contributed by atoms with Crippen LogP contribution >= 0.6 is 0 Å². The van der Waals surface area contributed by atoms with Crippen LogP contribution in [-0.2, 0) is 9.47 Å². The molecule has 0 radical (unpaired) electrons. The molecule has 1 fully saturated rings. The average molecular weight is 445 g/mol. The zero-order valence-corrected chi connectivity index (χ0v) is 20.1. The number of hydrogen-bond acceptors (Lipinski definition) is 2. The molecular formula is C21H42O2Sn. The van der Waals surface area contributed by atoms with E-state index < -0.39 is 24.2 Å². The van der Waals surface area contributed by atoms with Crippen molar-refractivity contribution in [3.05, 3.63) is 10.2 Å². The van der Waals surface area contributed by atoms with Crippen LogP contribution < -0.4 is 0 Å². The number of rotatable bonds is 12. The Labute approximate surface area is 155 Å². The molecule has 3 heteroatoms. The summed E-state index contributed by atoms with van der Waals surface area (Å²) in [7, 11) is 0. The molecule has 1 aliphatic rings. The molecule has 0 saturated carbocycles. The van der Waals surface area contributed by atoms with E-state index in [0.29, 0.717) is 5.92 Å². The van der Waals surface area contributed by atoms with Gasteiger partial charge in [-0.05, 0) is 0 Å². The van der Waals surface area contributed by atoms with Gasteiger partial charge in [-0.25, -0.2) is 0 Å². The molecular weight excluding hydrogens is 403 g/mol. The fourth-order valence-corrected chi connectivity index (χ4v) is 18.3. The molecule has 1 aliphatic heterocycles. The second-order valence-corrected chi connectivity index (χ2v) is 21.3. The molecule has 1 unspecified atom stereocenters. The first-order valence-corrected chi connectivity index (χ1v) is 18.1. The van der Waals surface area contributed by atoms with Crippen molar-refractivity contribution in [1.82, 2.24) is 0 Å². The Balaban J connectivity index is 2.79.